The molecule has 1 N–H and O–H groups in total. The van der Waals surface area contributed by atoms with Gasteiger partial charge in [-0.3, -0.25) is 13.9 Å². The number of amides is 2. The van der Waals surface area contributed by atoms with E-state index in [1.807, 2.05) is 0 Å². The molecule has 0 saturated heterocycles. The largest absolute Gasteiger partial charge is 0.497 e. The Morgan fingerprint density at radius 1 is 1.09 bits per heavy atom. The Balaban J connectivity index is 2.46. The van der Waals surface area contributed by atoms with Crippen molar-refractivity contribution < 1.29 is 22.7 Å². The summed E-state index contributed by atoms with van der Waals surface area (Å²) in [5.74, 6) is -0.261. The van der Waals surface area contributed by atoms with Crippen LogP contribution in [0.5, 0.6) is 5.75 Å². The van der Waals surface area contributed by atoms with E-state index in [1.54, 1.807) is 38.1 Å². The highest BCUT2D eigenvalue weighted by Crippen LogP contribution is 2.29. The molecule has 11 heteroatoms. The fraction of sp³-hybridized carbons (Fsp3) is 0.391. The van der Waals surface area contributed by atoms with Gasteiger partial charge in [-0.25, -0.2) is 8.42 Å². The zero-order valence-electron chi connectivity index (χ0n) is 19.5. The normalized spacial score (nSPS) is 12.1. The molecule has 1 atom stereocenters. The van der Waals surface area contributed by atoms with Gasteiger partial charge in [0.05, 0.1) is 29.1 Å². The van der Waals surface area contributed by atoms with Gasteiger partial charge in [0.1, 0.15) is 18.3 Å². The molecule has 0 saturated carbocycles. The van der Waals surface area contributed by atoms with Crippen molar-refractivity contribution in [1.82, 2.24) is 10.2 Å². The van der Waals surface area contributed by atoms with E-state index in [-0.39, 0.29) is 28.2 Å². The molecule has 0 aromatic heterocycles. The summed E-state index contributed by atoms with van der Waals surface area (Å²) >= 11 is 12.0. The average molecular weight is 530 g/mol. The molecule has 0 aliphatic rings. The number of rotatable bonds is 11. The molecule has 0 radical (unpaired) electrons. The van der Waals surface area contributed by atoms with Crippen LogP contribution in [0.2, 0.25) is 10.0 Å². The number of sulfonamides is 1. The van der Waals surface area contributed by atoms with Gasteiger partial charge in [-0.2, -0.15) is 0 Å². The maximum absolute atomic E-state index is 13.5. The summed E-state index contributed by atoms with van der Waals surface area (Å²) in [6.45, 7) is 3.55. The molecule has 2 amide bonds. The second kappa shape index (κ2) is 12.3. The fourth-order valence-electron chi connectivity index (χ4n) is 3.43. The number of nitrogens with one attached hydrogen (secondary N) is 1. The molecule has 0 aliphatic heterocycles. The lowest BCUT2D eigenvalue weighted by Crippen LogP contribution is -2.52. The molecule has 0 fully saturated rings. The lowest BCUT2D eigenvalue weighted by atomic mass is 10.1. The Labute approximate surface area is 210 Å². The summed E-state index contributed by atoms with van der Waals surface area (Å²) in [6.07, 6.45) is 1.34. The predicted molar refractivity (Wildman–Crippen MR) is 135 cm³/mol. The maximum atomic E-state index is 13.5. The smallest absolute Gasteiger partial charge is 0.244 e. The first-order valence-corrected chi connectivity index (χ1v) is 13.2. The molecule has 34 heavy (non-hydrogen) atoms. The Bertz CT molecular complexity index is 1130. The van der Waals surface area contributed by atoms with Gasteiger partial charge in [-0.15, -0.1) is 0 Å². The van der Waals surface area contributed by atoms with Crippen molar-refractivity contribution in [2.75, 3.05) is 30.8 Å². The van der Waals surface area contributed by atoms with Crippen LogP contribution in [0.15, 0.2) is 42.5 Å². The predicted octanol–water partition coefficient (Wildman–Crippen LogP) is 3.71. The minimum absolute atomic E-state index is 0.0879. The molecule has 2 aromatic rings. The minimum Gasteiger partial charge on any atom is -0.497 e. The number of hydrogen-bond acceptors (Lipinski definition) is 5. The van der Waals surface area contributed by atoms with Crippen molar-refractivity contribution in [3.63, 3.8) is 0 Å². The summed E-state index contributed by atoms with van der Waals surface area (Å²) in [7, 11) is -2.32. The summed E-state index contributed by atoms with van der Waals surface area (Å²) in [5, 5.41) is 3.16. The number of anilines is 1. The van der Waals surface area contributed by atoms with Gasteiger partial charge in [-0.1, -0.05) is 42.3 Å². The molecule has 0 heterocycles. The van der Waals surface area contributed by atoms with Gasteiger partial charge in [0.2, 0.25) is 21.8 Å². The monoisotopic (exact) mass is 529 g/mol. The van der Waals surface area contributed by atoms with Crippen molar-refractivity contribution in [2.24, 2.45) is 0 Å². The molecule has 186 valence electrons. The van der Waals surface area contributed by atoms with Crippen LogP contribution >= 0.6 is 23.2 Å². The zero-order valence-corrected chi connectivity index (χ0v) is 21.9. The van der Waals surface area contributed by atoms with E-state index in [0.717, 1.165) is 16.1 Å². The van der Waals surface area contributed by atoms with Gasteiger partial charge in [0.25, 0.3) is 0 Å². The number of methoxy groups -OCH3 is 1. The topological polar surface area (TPSA) is 96.0 Å². The Kier molecular flexibility index (Phi) is 10.0. The third-order valence-corrected chi connectivity index (χ3v) is 6.97. The van der Waals surface area contributed by atoms with E-state index in [4.69, 9.17) is 27.9 Å². The molecule has 8 nitrogen and oxygen atoms in total. The summed E-state index contributed by atoms with van der Waals surface area (Å²) in [6, 6.07) is 10.6. The minimum atomic E-state index is -3.86. The number of benzene rings is 2. The van der Waals surface area contributed by atoms with Crippen molar-refractivity contribution >= 4 is 50.7 Å². The summed E-state index contributed by atoms with van der Waals surface area (Å²) < 4.78 is 31.4. The third-order valence-electron chi connectivity index (χ3n) is 5.09. The van der Waals surface area contributed by atoms with Crippen LogP contribution in [0.4, 0.5) is 5.69 Å². The molecule has 0 aliphatic carbocycles. The van der Waals surface area contributed by atoms with Crippen LogP contribution in [-0.2, 0) is 26.2 Å². The van der Waals surface area contributed by atoms with Gasteiger partial charge < -0.3 is 15.0 Å². The van der Waals surface area contributed by atoms with Crippen LogP contribution in [-0.4, -0.2) is 57.6 Å². The quantitative estimate of drug-likeness (QED) is 0.478. The lowest BCUT2D eigenvalue weighted by molar-refractivity contribution is -0.140. The van der Waals surface area contributed by atoms with Crippen LogP contribution in [0.3, 0.4) is 0 Å². The van der Waals surface area contributed by atoms with Crippen molar-refractivity contribution in [3.05, 3.63) is 58.1 Å². The number of carbonyl (C=O) groups excluding carboxylic acids is 2. The number of halogens is 2. The zero-order chi connectivity index (χ0) is 25.5. The van der Waals surface area contributed by atoms with E-state index >= 15 is 0 Å². The first-order chi connectivity index (χ1) is 16.0. The van der Waals surface area contributed by atoms with Crippen LogP contribution in [0.1, 0.15) is 25.8 Å². The molecule has 0 unspecified atom stereocenters. The van der Waals surface area contributed by atoms with E-state index in [9.17, 15) is 18.0 Å². The molecule has 2 rings (SSSR count). The average Bonchev–Trinajstić information content (AvgIpc) is 2.78. The second-order valence-electron chi connectivity index (χ2n) is 7.56. The Morgan fingerprint density at radius 2 is 1.79 bits per heavy atom. The van der Waals surface area contributed by atoms with Crippen molar-refractivity contribution in [3.8, 4) is 5.75 Å². The molecule has 0 bridgehead atoms. The van der Waals surface area contributed by atoms with Gasteiger partial charge >= 0.3 is 0 Å². The van der Waals surface area contributed by atoms with Crippen LogP contribution in [0, 0.1) is 0 Å². The summed E-state index contributed by atoms with van der Waals surface area (Å²) in [5.41, 5.74) is 0.925. The van der Waals surface area contributed by atoms with E-state index in [0.29, 0.717) is 18.7 Å². The molecular weight excluding hydrogens is 501 g/mol. The molecular formula is C23H29Cl2N3O5S. The highest BCUT2D eigenvalue weighted by atomic mass is 35.5. The van der Waals surface area contributed by atoms with Crippen LogP contribution < -0.4 is 14.4 Å². The van der Waals surface area contributed by atoms with E-state index in [1.165, 1.54) is 30.2 Å². The maximum Gasteiger partial charge on any atom is 0.244 e. The number of ether oxygens (including phenoxy) is 1. The molecule has 0 spiro atoms. The SMILES string of the molecule is CCNC(=O)[C@H](CC)N(Cc1cccc(OC)c1)C(=O)CN(c1ccc(Cl)c(Cl)c1)S(C)(=O)=O. The standard InChI is InChI=1S/C23H29Cl2N3O5S/c1-5-21(23(30)26-6-2)27(14-16-8-7-9-18(12-16)33-3)22(29)15-28(34(4,31)32)17-10-11-19(24)20(25)13-17/h7-13,21H,5-6,14-15H2,1-4H3,(H,26,30)/t21-/m0/s1. The number of likely N-dealkylation sites (N-methyl/N-ethyl adjacent to an activating group) is 1. The van der Waals surface area contributed by atoms with Crippen LogP contribution in [0.25, 0.3) is 0 Å². The highest BCUT2D eigenvalue weighted by molar-refractivity contribution is 7.92. The third kappa shape index (κ3) is 7.25. The number of carbonyl (C=O) groups is 2. The molecule has 2 aromatic carbocycles. The van der Waals surface area contributed by atoms with Gasteiger partial charge in [0.15, 0.2) is 0 Å². The Hall–Kier alpha value is -2.49. The Morgan fingerprint density at radius 3 is 2.35 bits per heavy atom. The van der Waals surface area contributed by atoms with Crippen molar-refractivity contribution in [1.29, 1.82) is 0 Å². The van der Waals surface area contributed by atoms with E-state index < -0.39 is 28.5 Å². The highest BCUT2D eigenvalue weighted by Gasteiger charge is 2.31. The first-order valence-electron chi connectivity index (χ1n) is 10.6. The fourth-order valence-corrected chi connectivity index (χ4v) is 4.57. The van der Waals surface area contributed by atoms with Gasteiger partial charge in [-0.05, 0) is 49.2 Å². The summed E-state index contributed by atoms with van der Waals surface area (Å²) in [4.78, 5) is 27.7. The number of nitrogens with zero attached hydrogens (tertiary/aromatic N) is 2. The van der Waals surface area contributed by atoms with Crippen molar-refractivity contribution in [2.45, 2.75) is 32.9 Å². The van der Waals surface area contributed by atoms with Gasteiger partial charge in [0, 0.05) is 13.1 Å². The first kappa shape index (κ1) is 27.8. The lowest BCUT2D eigenvalue weighted by Gasteiger charge is -2.33. The van der Waals surface area contributed by atoms with E-state index in [2.05, 4.69) is 5.32 Å². The second-order valence-corrected chi connectivity index (χ2v) is 10.3. The number of hydrogen-bond donors (Lipinski definition) is 1.